The molecule has 0 radical (unpaired) electrons. The summed E-state index contributed by atoms with van der Waals surface area (Å²) in [5, 5.41) is 8.50. The molecule has 5 rings (SSSR count). The van der Waals surface area contributed by atoms with Gasteiger partial charge in [-0.2, -0.15) is 29.3 Å². The molecule has 0 bridgehead atoms. The van der Waals surface area contributed by atoms with Crippen LogP contribution < -0.4 is 0 Å². The summed E-state index contributed by atoms with van der Waals surface area (Å²) in [5.74, 6) is 0. The van der Waals surface area contributed by atoms with Crippen molar-refractivity contribution >= 4 is 38.1 Å². The summed E-state index contributed by atoms with van der Waals surface area (Å²) in [4.78, 5) is 8.88. The lowest BCUT2D eigenvalue weighted by molar-refractivity contribution is 0.371. The van der Waals surface area contributed by atoms with Crippen LogP contribution in [0.3, 0.4) is 0 Å². The second-order valence-corrected chi connectivity index (χ2v) is 9.25. The summed E-state index contributed by atoms with van der Waals surface area (Å²) in [5.41, 5.74) is 4.05. The number of hydrogen-bond donors (Lipinski definition) is 0. The highest BCUT2D eigenvalue weighted by Crippen LogP contribution is 2.38. The van der Waals surface area contributed by atoms with Crippen molar-refractivity contribution < 1.29 is 8.42 Å². The average molecular weight is 421 g/mol. The van der Waals surface area contributed by atoms with Crippen LogP contribution in [0.4, 0.5) is 0 Å². The van der Waals surface area contributed by atoms with E-state index < -0.39 is 16.1 Å². The normalized spacial score (nSPS) is 16.9. The maximum absolute atomic E-state index is 13.4. The van der Waals surface area contributed by atoms with Gasteiger partial charge in [0.2, 0.25) is 0 Å². The van der Waals surface area contributed by atoms with Crippen molar-refractivity contribution in [2.75, 3.05) is 0 Å². The first kappa shape index (κ1) is 18.0. The number of hydrazone groups is 1. The van der Waals surface area contributed by atoms with Crippen LogP contribution in [0.25, 0.3) is 11.0 Å². The molecular weight excluding hydrogens is 404 g/mol. The van der Waals surface area contributed by atoms with Crippen LogP contribution in [0.5, 0.6) is 0 Å². The topological polar surface area (TPSA) is 75.5 Å². The first-order chi connectivity index (χ1) is 14.1. The van der Waals surface area contributed by atoms with Gasteiger partial charge in [-0.05, 0) is 46.7 Å². The quantitative estimate of drug-likeness (QED) is 0.495. The van der Waals surface area contributed by atoms with Gasteiger partial charge in [0, 0.05) is 24.4 Å². The van der Waals surface area contributed by atoms with E-state index in [1.807, 2.05) is 35.0 Å². The summed E-state index contributed by atoms with van der Waals surface area (Å²) < 4.78 is 28.0. The van der Waals surface area contributed by atoms with E-state index in [0.717, 1.165) is 27.9 Å². The van der Waals surface area contributed by atoms with Crippen molar-refractivity contribution in [2.45, 2.75) is 17.4 Å². The highest BCUT2D eigenvalue weighted by molar-refractivity contribution is 7.89. The van der Waals surface area contributed by atoms with Crippen LogP contribution in [-0.2, 0) is 10.0 Å². The van der Waals surface area contributed by atoms with E-state index in [1.54, 1.807) is 54.1 Å². The number of thiophene rings is 1. The summed E-state index contributed by atoms with van der Waals surface area (Å²) in [6, 6.07) is 15.6. The Morgan fingerprint density at radius 1 is 0.966 bits per heavy atom. The number of aromatic nitrogens is 2. The van der Waals surface area contributed by atoms with Crippen LogP contribution in [0, 0.1) is 0 Å². The maximum atomic E-state index is 13.4. The van der Waals surface area contributed by atoms with Crippen molar-refractivity contribution in [1.82, 2.24) is 14.4 Å². The van der Waals surface area contributed by atoms with Gasteiger partial charge in [-0.15, -0.1) is 0 Å². The summed E-state index contributed by atoms with van der Waals surface area (Å²) in [6.07, 6.45) is 3.77. The van der Waals surface area contributed by atoms with Gasteiger partial charge in [-0.3, -0.25) is 9.97 Å². The molecule has 1 aliphatic rings. The molecule has 29 heavy (non-hydrogen) atoms. The number of nitrogens with zero attached hydrogens (tertiary/aromatic N) is 4. The third-order valence-electron chi connectivity index (χ3n) is 4.89. The Labute approximate surface area is 172 Å². The van der Waals surface area contributed by atoms with Gasteiger partial charge in [0.1, 0.15) is 0 Å². The highest BCUT2D eigenvalue weighted by Gasteiger charge is 2.37. The molecule has 2 aromatic carbocycles. The van der Waals surface area contributed by atoms with Crippen molar-refractivity contribution in [3.63, 3.8) is 0 Å². The Hall–Kier alpha value is -3.10. The molecule has 0 fully saturated rings. The lowest BCUT2D eigenvalue weighted by Crippen LogP contribution is -2.27. The van der Waals surface area contributed by atoms with Crippen LogP contribution >= 0.6 is 11.3 Å². The van der Waals surface area contributed by atoms with Crippen LogP contribution in [-0.4, -0.2) is 28.5 Å². The zero-order valence-electron chi connectivity index (χ0n) is 15.2. The van der Waals surface area contributed by atoms with Gasteiger partial charge in [-0.1, -0.05) is 24.3 Å². The Morgan fingerprint density at radius 3 is 2.52 bits per heavy atom. The fourth-order valence-electron chi connectivity index (χ4n) is 3.45. The van der Waals surface area contributed by atoms with E-state index >= 15 is 0 Å². The minimum Gasteiger partial charge on any atom is -0.253 e. The lowest BCUT2D eigenvalue weighted by atomic mass is 10.00. The molecule has 0 unspecified atom stereocenters. The SMILES string of the molecule is O=S(=O)(c1ccccc1)N1N=C(c2ccsc2)C[C@@H]1c1ccc2nccnc2c1. The number of rotatable bonds is 4. The molecule has 3 heterocycles. The zero-order valence-corrected chi connectivity index (χ0v) is 16.8. The predicted molar refractivity (Wildman–Crippen MR) is 113 cm³/mol. The van der Waals surface area contributed by atoms with Crippen LogP contribution in [0.15, 0.2) is 87.7 Å². The lowest BCUT2D eigenvalue weighted by Gasteiger charge is -2.23. The molecule has 4 aromatic rings. The third-order valence-corrected chi connectivity index (χ3v) is 7.27. The number of hydrogen-bond acceptors (Lipinski definition) is 6. The van der Waals surface area contributed by atoms with Crippen molar-refractivity contribution in [3.8, 4) is 0 Å². The van der Waals surface area contributed by atoms with E-state index in [1.165, 1.54) is 4.41 Å². The summed E-state index contributed by atoms with van der Waals surface area (Å²) in [6.45, 7) is 0. The predicted octanol–water partition coefficient (Wildman–Crippen LogP) is 4.23. The molecule has 2 aromatic heterocycles. The van der Waals surface area contributed by atoms with Crippen molar-refractivity contribution in [3.05, 3.63) is 88.9 Å². The van der Waals surface area contributed by atoms with Gasteiger partial charge in [0.15, 0.2) is 0 Å². The fraction of sp³-hybridized carbons (Fsp3) is 0.0952. The molecule has 0 saturated carbocycles. The second-order valence-electron chi connectivity index (χ2n) is 6.67. The number of fused-ring (bicyclic) bond motifs is 1. The van der Waals surface area contributed by atoms with Crippen molar-refractivity contribution in [2.24, 2.45) is 5.10 Å². The Kier molecular flexibility index (Phi) is 4.37. The molecule has 1 atom stereocenters. The van der Waals surface area contributed by atoms with E-state index in [9.17, 15) is 8.42 Å². The minimum absolute atomic E-state index is 0.223. The van der Waals surface area contributed by atoms with E-state index in [0.29, 0.717) is 6.42 Å². The Balaban J connectivity index is 1.62. The molecule has 0 N–H and O–H groups in total. The molecule has 0 spiro atoms. The van der Waals surface area contributed by atoms with E-state index in [-0.39, 0.29) is 4.90 Å². The third kappa shape index (κ3) is 3.20. The molecule has 0 saturated heterocycles. The highest BCUT2D eigenvalue weighted by atomic mass is 32.2. The van der Waals surface area contributed by atoms with Gasteiger partial charge in [-0.25, -0.2) is 0 Å². The monoisotopic (exact) mass is 420 g/mol. The molecule has 144 valence electrons. The molecule has 6 nitrogen and oxygen atoms in total. The first-order valence-corrected chi connectivity index (χ1v) is 11.4. The summed E-state index contributed by atoms with van der Waals surface area (Å²) >= 11 is 1.56. The van der Waals surface area contributed by atoms with Gasteiger partial charge >= 0.3 is 0 Å². The van der Waals surface area contributed by atoms with Crippen molar-refractivity contribution in [1.29, 1.82) is 0 Å². The number of benzene rings is 2. The average Bonchev–Trinajstić information content (AvgIpc) is 3.44. The zero-order chi connectivity index (χ0) is 19.8. The molecule has 8 heteroatoms. The Bertz CT molecular complexity index is 1300. The molecule has 0 amide bonds. The fourth-order valence-corrected chi connectivity index (χ4v) is 5.57. The second kappa shape index (κ2) is 7.06. The van der Waals surface area contributed by atoms with Gasteiger partial charge in [0.05, 0.1) is 27.7 Å². The summed E-state index contributed by atoms with van der Waals surface area (Å²) in [7, 11) is -3.80. The smallest absolute Gasteiger partial charge is 0.253 e. The van der Waals surface area contributed by atoms with Gasteiger partial charge in [0.25, 0.3) is 10.0 Å². The van der Waals surface area contributed by atoms with Gasteiger partial charge < -0.3 is 0 Å². The van der Waals surface area contributed by atoms with E-state index in [2.05, 4.69) is 15.1 Å². The maximum Gasteiger partial charge on any atom is 0.279 e. The molecule has 0 aliphatic carbocycles. The minimum atomic E-state index is -3.80. The molecular formula is C21H16N4O2S2. The van der Waals surface area contributed by atoms with Crippen LogP contribution in [0.1, 0.15) is 23.6 Å². The molecule has 1 aliphatic heterocycles. The van der Waals surface area contributed by atoms with E-state index in [4.69, 9.17) is 0 Å². The van der Waals surface area contributed by atoms with Crippen LogP contribution in [0.2, 0.25) is 0 Å². The number of sulfonamides is 1. The largest absolute Gasteiger partial charge is 0.279 e. The Morgan fingerprint density at radius 2 is 1.76 bits per heavy atom. The first-order valence-electron chi connectivity index (χ1n) is 9.03. The standard InChI is InChI=1S/C21H16N4O2S2/c26-29(27,17-4-2-1-3-5-17)25-21(13-19(24-25)16-8-11-28-14-16)15-6-7-18-20(12-15)23-10-9-22-18/h1-12,14,21H,13H2/t21-/m1/s1.